The fourth-order valence-electron chi connectivity index (χ4n) is 2.65. The fourth-order valence-corrected chi connectivity index (χ4v) is 3.87. The van der Waals surface area contributed by atoms with E-state index in [1.54, 1.807) is 0 Å². The van der Waals surface area contributed by atoms with Crippen LogP contribution >= 0.6 is 11.8 Å². The van der Waals surface area contributed by atoms with Gasteiger partial charge in [-0.25, -0.2) is 24.2 Å². The molecule has 1 saturated heterocycles. The molecule has 0 unspecified atom stereocenters. The molecule has 2 aromatic rings. The second-order valence-electron chi connectivity index (χ2n) is 6.15. The summed E-state index contributed by atoms with van der Waals surface area (Å²) in [7, 11) is -4.26. The molecule has 150 valence electrons. The van der Waals surface area contributed by atoms with Crippen molar-refractivity contribution in [2.75, 3.05) is 12.3 Å². The first-order valence-corrected chi connectivity index (χ1v) is 10.2. The molecule has 1 aliphatic heterocycles. The van der Waals surface area contributed by atoms with Crippen molar-refractivity contribution < 1.29 is 26.8 Å². The highest BCUT2D eigenvalue weighted by molar-refractivity contribution is 8.00. The SMILES string of the molecule is CC(C)Sc1nn([C@@H]2O[C@H](COS(N)(=O)=O)[C@@H](O)[C@@H]2F)c2ncnc(N)c12. The molecule has 0 radical (unpaired) electrons. The zero-order chi connectivity index (χ0) is 19.9. The van der Waals surface area contributed by atoms with Crippen LogP contribution in [0.4, 0.5) is 10.2 Å². The summed E-state index contributed by atoms with van der Waals surface area (Å²) in [5.74, 6) is 0.178. The number of ether oxygens (including phenoxy) is 1. The normalized spacial score (nSPS) is 26.3. The van der Waals surface area contributed by atoms with Crippen LogP contribution in [-0.4, -0.2) is 63.5 Å². The Balaban J connectivity index is 1.96. The van der Waals surface area contributed by atoms with E-state index in [4.69, 9.17) is 15.6 Å². The number of halogens is 1. The van der Waals surface area contributed by atoms with Crippen molar-refractivity contribution in [1.29, 1.82) is 0 Å². The zero-order valence-electron chi connectivity index (χ0n) is 14.4. The van der Waals surface area contributed by atoms with Gasteiger partial charge in [-0.3, -0.25) is 4.18 Å². The van der Waals surface area contributed by atoms with E-state index in [1.165, 1.54) is 22.8 Å². The third kappa shape index (κ3) is 4.14. The Bertz CT molecular complexity index is 939. The van der Waals surface area contributed by atoms with Crippen LogP contribution in [0, 0.1) is 0 Å². The molecule has 27 heavy (non-hydrogen) atoms. The number of rotatable bonds is 6. The van der Waals surface area contributed by atoms with Crippen molar-refractivity contribution >= 4 is 38.9 Å². The van der Waals surface area contributed by atoms with E-state index in [0.29, 0.717) is 10.4 Å². The van der Waals surface area contributed by atoms with E-state index in [0.717, 1.165) is 0 Å². The van der Waals surface area contributed by atoms with E-state index in [-0.39, 0.29) is 16.7 Å². The first kappa shape index (κ1) is 20.2. The Kier molecular flexibility index (Phi) is 5.56. The Morgan fingerprint density at radius 2 is 2.19 bits per heavy atom. The molecular formula is C13H19FN6O5S2. The van der Waals surface area contributed by atoms with Crippen LogP contribution < -0.4 is 10.9 Å². The lowest BCUT2D eigenvalue weighted by Crippen LogP contribution is -2.33. The third-order valence-corrected chi connectivity index (χ3v) is 5.21. The molecule has 3 rings (SSSR count). The van der Waals surface area contributed by atoms with Gasteiger partial charge >= 0.3 is 10.3 Å². The van der Waals surface area contributed by atoms with E-state index in [9.17, 15) is 17.9 Å². The smallest absolute Gasteiger partial charge is 0.333 e. The fraction of sp³-hybridized carbons (Fsp3) is 0.615. The van der Waals surface area contributed by atoms with E-state index >= 15 is 0 Å². The van der Waals surface area contributed by atoms with Crippen molar-refractivity contribution in [2.24, 2.45) is 5.14 Å². The molecule has 5 N–H and O–H groups in total. The van der Waals surface area contributed by atoms with E-state index < -0.39 is 41.5 Å². The molecule has 0 saturated carbocycles. The predicted molar refractivity (Wildman–Crippen MR) is 94.6 cm³/mol. The summed E-state index contributed by atoms with van der Waals surface area (Å²) in [5.41, 5.74) is 6.16. The highest BCUT2D eigenvalue weighted by atomic mass is 32.2. The number of alkyl halides is 1. The lowest BCUT2D eigenvalue weighted by molar-refractivity contribution is -0.0456. The standard InChI is InChI=1S/C13H19FN6O5S2/c1-5(2)26-12-7-10(15)17-4-18-11(7)20(19-12)13-8(14)9(21)6(25-13)3-24-27(16,22)23/h4-6,8-9,13,21H,3H2,1-2H3,(H2,15,17,18)(H2,16,22,23)/t6-,8+,9-,13-/m1/s1. The molecule has 1 fully saturated rings. The van der Waals surface area contributed by atoms with Crippen molar-refractivity contribution in [3.8, 4) is 0 Å². The zero-order valence-corrected chi connectivity index (χ0v) is 16.0. The molecular weight excluding hydrogens is 403 g/mol. The number of hydrogen-bond donors (Lipinski definition) is 3. The summed E-state index contributed by atoms with van der Waals surface area (Å²) < 4.78 is 47.5. The first-order valence-electron chi connectivity index (χ1n) is 7.88. The predicted octanol–water partition coefficient (Wildman–Crippen LogP) is -0.274. The summed E-state index contributed by atoms with van der Waals surface area (Å²) in [6.07, 6.45) is -4.96. The first-order chi connectivity index (χ1) is 12.6. The maximum Gasteiger partial charge on any atom is 0.333 e. The molecule has 0 amide bonds. The molecule has 0 spiro atoms. The molecule has 0 aromatic carbocycles. The summed E-state index contributed by atoms with van der Waals surface area (Å²) in [6, 6.07) is 0. The highest BCUT2D eigenvalue weighted by Crippen LogP contribution is 2.38. The maximum absolute atomic E-state index is 14.7. The number of aliphatic hydroxyl groups is 1. The van der Waals surface area contributed by atoms with Crippen LogP contribution in [-0.2, 0) is 19.2 Å². The summed E-state index contributed by atoms with van der Waals surface area (Å²) in [5, 5.41) is 20.2. The van der Waals surface area contributed by atoms with Gasteiger partial charge in [0.05, 0.1) is 12.0 Å². The molecule has 1 aliphatic rings. The van der Waals surface area contributed by atoms with Crippen LogP contribution in [0.2, 0.25) is 0 Å². The monoisotopic (exact) mass is 422 g/mol. The Hall–Kier alpha value is -1.58. The van der Waals surface area contributed by atoms with Gasteiger partial charge in [-0.05, 0) is 0 Å². The van der Waals surface area contributed by atoms with Gasteiger partial charge in [-0.1, -0.05) is 13.8 Å². The summed E-state index contributed by atoms with van der Waals surface area (Å²) in [6.45, 7) is 3.26. The minimum absolute atomic E-state index is 0.156. The Labute approximate surface area is 158 Å². The quantitative estimate of drug-likeness (QED) is 0.527. The summed E-state index contributed by atoms with van der Waals surface area (Å²) in [4.78, 5) is 8.04. The van der Waals surface area contributed by atoms with Crippen molar-refractivity contribution in [3.63, 3.8) is 0 Å². The topological polar surface area (TPSA) is 168 Å². The number of nitrogens with two attached hydrogens (primary N) is 2. The number of anilines is 1. The third-order valence-electron chi connectivity index (χ3n) is 3.76. The van der Waals surface area contributed by atoms with Crippen molar-refractivity contribution in [1.82, 2.24) is 19.7 Å². The molecule has 14 heteroatoms. The lowest BCUT2D eigenvalue weighted by Gasteiger charge is -2.14. The van der Waals surface area contributed by atoms with Crippen molar-refractivity contribution in [3.05, 3.63) is 6.33 Å². The summed E-state index contributed by atoms with van der Waals surface area (Å²) >= 11 is 1.39. The van der Waals surface area contributed by atoms with Gasteiger partial charge in [-0.2, -0.15) is 13.5 Å². The Morgan fingerprint density at radius 3 is 2.81 bits per heavy atom. The molecule has 0 bridgehead atoms. The average molecular weight is 422 g/mol. The number of thioether (sulfide) groups is 1. The molecule has 4 atom stereocenters. The van der Waals surface area contributed by atoms with Gasteiger partial charge < -0.3 is 15.6 Å². The number of nitrogen functional groups attached to an aromatic ring is 1. The molecule has 11 nitrogen and oxygen atoms in total. The second-order valence-corrected chi connectivity index (χ2v) is 8.94. The lowest BCUT2D eigenvalue weighted by atomic mass is 10.1. The van der Waals surface area contributed by atoms with E-state index in [1.807, 2.05) is 13.8 Å². The van der Waals surface area contributed by atoms with Crippen LogP contribution in [0.15, 0.2) is 11.4 Å². The van der Waals surface area contributed by atoms with E-state index in [2.05, 4.69) is 19.2 Å². The van der Waals surface area contributed by atoms with Gasteiger partial charge in [0.1, 0.15) is 29.4 Å². The van der Waals surface area contributed by atoms with Gasteiger partial charge in [-0.15, -0.1) is 11.8 Å². The Morgan fingerprint density at radius 1 is 1.48 bits per heavy atom. The minimum atomic E-state index is -4.26. The van der Waals surface area contributed by atoms with Gasteiger partial charge in [0.15, 0.2) is 18.0 Å². The maximum atomic E-state index is 14.7. The minimum Gasteiger partial charge on any atom is -0.387 e. The van der Waals surface area contributed by atoms with Crippen molar-refractivity contribution in [2.45, 2.75) is 48.7 Å². The van der Waals surface area contributed by atoms with Gasteiger partial charge in [0.2, 0.25) is 0 Å². The highest BCUT2D eigenvalue weighted by Gasteiger charge is 2.47. The van der Waals surface area contributed by atoms with Crippen LogP contribution in [0.25, 0.3) is 11.0 Å². The van der Waals surface area contributed by atoms with Gasteiger partial charge in [0.25, 0.3) is 0 Å². The number of aromatic nitrogens is 4. The van der Waals surface area contributed by atoms with Crippen LogP contribution in [0.5, 0.6) is 0 Å². The molecule has 2 aromatic heterocycles. The van der Waals surface area contributed by atoms with Crippen LogP contribution in [0.3, 0.4) is 0 Å². The number of aliphatic hydroxyl groups excluding tert-OH is 1. The molecule has 3 heterocycles. The number of hydrogen-bond acceptors (Lipinski definition) is 10. The van der Waals surface area contributed by atoms with Crippen LogP contribution in [0.1, 0.15) is 20.1 Å². The molecule has 0 aliphatic carbocycles. The number of fused-ring (bicyclic) bond motifs is 1. The second kappa shape index (κ2) is 7.44. The van der Waals surface area contributed by atoms with Gasteiger partial charge in [0, 0.05) is 5.25 Å². The number of nitrogens with zero attached hydrogens (tertiary/aromatic N) is 4. The average Bonchev–Trinajstić information content (AvgIpc) is 3.04. The largest absolute Gasteiger partial charge is 0.387 e.